The fourth-order valence-corrected chi connectivity index (χ4v) is 2.64. The molecule has 0 spiro atoms. The van der Waals surface area contributed by atoms with Crippen molar-refractivity contribution in [3.63, 3.8) is 0 Å². The minimum atomic E-state index is -0.0790. The van der Waals surface area contributed by atoms with Crippen LogP contribution in [0.3, 0.4) is 0 Å². The van der Waals surface area contributed by atoms with Crippen LogP contribution in [-0.4, -0.2) is 54.6 Å². The summed E-state index contributed by atoms with van der Waals surface area (Å²) < 4.78 is 0. The van der Waals surface area contributed by atoms with Gasteiger partial charge in [0.15, 0.2) is 0 Å². The van der Waals surface area contributed by atoms with Gasteiger partial charge < -0.3 is 10.6 Å². The van der Waals surface area contributed by atoms with Crippen LogP contribution < -0.4 is 5.73 Å². The molecule has 0 aromatic carbocycles. The molecule has 98 valence electrons. The molecule has 0 saturated carbocycles. The Hall–Kier alpha value is 0.170. The smallest absolute Gasteiger partial charge is 0.0225 e. The van der Waals surface area contributed by atoms with Crippen molar-refractivity contribution in [2.24, 2.45) is 5.73 Å². The number of hydrogen-bond acceptors (Lipinski definition) is 3. The number of nitrogens with zero attached hydrogens (tertiary/aromatic N) is 2. The predicted molar refractivity (Wildman–Crippen MR) is 73.3 cm³/mol. The normalized spacial score (nSPS) is 22.5. The van der Waals surface area contributed by atoms with Crippen LogP contribution in [0.1, 0.15) is 33.6 Å². The van der Waals surface area contributed by atoms with Crippen molar-refractivity contribution in [3.05, 3.63) is 0 Å². The lowest BCUT2D eigenvalue weighted by atomic mass is 10.1. The summed E-state index contributed by atoms with van der Waals surface area (Å²) in [5.74, 6) is 0. The third-order valence-corrected chi connectivity index (χ3v) is 3.11. The number of hydrogen-bond donors (Lipinski definition) is 1. The van der Waals surface area contributed by atoms with E-state index in [1.54, 1.807) is 0 Å². The van der Waals surface area contributed by atoms with Gasteiger partial charge in [-0.3, -0.25) is 4.90 Å². The van der Waals surface area contributed by atoms with Crippen molar-refractivity contribution in [1.29, 1.82) is 0 Å². The molecule has 0 amide bonds. The molecule has 1 fully saturated rings. The minimum absolute atomic E-state index is 0. The Kier molecular flexibility index (Phi) is 6.87. The summed E-state index contributed by atoms with van der Waals surface area (Å²) in [4.78, 5) is 4.96. The van der Waals surface area contributed by atoms with Gasteiger partial charge in [0, 0.05) is 24.7 Å². The molecule has 1 saturated heterocycles. The van der Waals surface area contributed by atoms with Crippen molar-refractivity contribution < 1.29 is 0 Å². The molecule has 0 aromatic rings. The van der Waals surface area contributed by atoms with Crippen molar-refractivity contribution >= 4 is 12.4 Å². The molecule has 1 unspecified atom stereocenters. The molecule has 4 heteroatoms. The zero-order chi connectivity index (χ0) is 11.5. The highest BCUT2D eigenvalue weighted by molar-refractivity contribution is 5.85. The summed E-state index contributed by atoms with van der Waals surface area (Å²) in [7, 11) is 2.18. The Morgan fingerprint density at radius 1 is 1.44 bits per heavy atom. The van der Waals surface area contributed by atoms with E-state index in [9.17, 15) is 0 Å². The van der Waals surface area contributed by atoms with E-state index in [1.165, 1.54) is 25.9 Å². The van der Waals surface area contributed by atoms with E-state index in [0.29, 0.717) is 0 Å². The molecule has 1 rings (SSSR count). The van der Waals surface area contributed by atoms with Crippen molar-refractivity contribution in [2.75, 3.05) is 33.2 Å². The first kappa shape index (κ1) is 16.2. The average Bonchev–Trinajstić information content (AvgIpc) is 2.48. The number of rotatable bonds is 5. The predicted octanol–water partition coefficient (Wildman–Crippen LogP) is 1.56. The van der Waals surface area contributed by atoms with E-state index >= 15 is 0 Å². The molecule has 1 aliphatic rings. The van der Waals surface area contributed by atoms with Gasteiger partial charge in [0.2, 0.25) is 0 Å². The molecular formula is C12H28ClN3. The fraction of sp³-hybridized carbons (Fsp3) is 1.00. The van der Waals surface area contributed by atoms with Gasteiger partial charge >= 0.3 is 0 Å². The van der Waals surface area contributed by atoms with E-state index in [-0.39, 0.29) is 17.9 Å². The maximum Gasteiger partial charge on any atom is 0.0225 e. The highest BCUT2D eigenvalue weighted by Gasteiger charge is 2.25. The van der Waals surface area contributed by atoms with Gasteiger partial charge in [-0.15, -0.1) is 12.4 Å². The van der Waals surface area contributed by atoms with E-state index in [4.69, 9.17) is 5.73 Å². The molecule has 1 atom stereocenters. The second-order valence-corrected chi connectivity index (χ2v) is 5.61. The SMILES string of the molecule is CCN1CCCC1CN(C)CC(C)(C)N.Cl. The maximum atomic E-state index is 6.02. The van der Waals surface area contributed by atoms with Crippen LogP contribution in [-0.2, 0) is 0 Å². The summed E-state index contributed by atoms with van der Waals surface area (Å²) >= 11 is 0. The Balaban J connectivity index is 0.00000225. The Bertz CT molecular complexity index is 191. The fourth-order valence-electron chi connectivity index (χ4n) is 2.64. The van der Waals surface area contributed by atoms with E-state index in [2.05, 4.69) is 37.6 Å². The minimum Gasteiger partial charge on any atom is -0.324 e. The second kappa shape index (κ2) is 6.80. The Morgan fingerprint density at radius 3 is 2.56 bits per heavy atom. The van der Waals surface area contributed by atoms with Crippen LogP contribution in [0, 0.1) is 0 Å². The zero-order valence-corrected chi connectivity index (χ0v) is 12.0. The molecule has 2 N–H and O–H groups in total. The van der Waals surface area contributed by atoms with E-state index in [1.807, 2.05) is 0 Å². The summed E-state index contributed by atoms with van der Waals surface area (Å²) in [5, 5.41) is 0. The highest BCUT2D eigenvalue weighted by atomic mass is 35.5. The van der Waals surface area contributed by atoms with Crippen LogP contribution in [0.25, 0.3) is 0 Å². The van der Waals surface area contributed by atoms with Crippen LogP contribution in [0.15, 0.2) is 0 Å². The van der Waals surface area contributed by atoms with Crippen LogP contribution in [0.4, 0.5) is 0 Å². The van der Waals surface area contributed by atoms with E-state index in [0.717, 1.165) is 19.1 Å². The molecule has 0 aromatic heterocycles. The maximum absolute atomic E-state index is 6.02. The highest BCUT2D eigenvalue weighted by Crippen LogP contribution is 2.17. The number of likely N-dealkylation sites (tertiary alicyclic amines) is 1. The topological polar surface area (TPSA) is 32.5 Å². The van der Waals surface area contributed by atoms with Crippen molar-refractivity contribution in [3.8, 4) is 0 Å². The second-order valence-electron chi connectivity index (χ2n) is 5.61. The largest absolute Gasteiger partial charge is 0.324 e. The van der Waals surface area contributed by atoms with Gasteiger partial charge in [-0.25, -0.2) is 0 Å². The molecular weight excluding hydrogens is 222 g/mol. The summed E-state index contributed by atoms with van der Waals surface area (Å²) in [6.45, 7) is 11.0. The molecule has 0 radical (unpaired) electrons. The van der Waals surface area contributed by atoms with Crippen molar-refractivity contribution in [1.82, 2.24) is 9.80 Å². The first-order valence-corrected chi connectivity index (χ1v) is 6.14. The molecule has 16 heavy (non-hydrogen) atoms. The lowest BCUT2D eigenvalue weighted by Crippen LogP contribution is -2.47. The van der Waals surface area contributed by atoms with Crippen LogP contribution in [0.5, 0.6) is 0 Å². The number of nitrogens with two attached hydrogens (primary N) is 1. The van der Waals surface area contributed by atoms with E-state index < -0.39 is 0 Å². The molecule has 1 heterocycles. The van der Waals surface area contributed by atoms with Gasteiger partial charge in [-0.1, -0.05) is 6.92 Å². The molecule has 0 aliphatic carbocycles. The lowest BCUT2D eigenvalue weighted by molar-refractivity contribution is 0.181. The van der Waals surface area contributed by atoms with Gasteiger partial charge in [0.05, 0.1) is 0 Å². The molecule has 1 aliphatic heterocycles. The zero-order valence-electron chi connectivity index (χ0n) is 11.2. The quantitative estimate of drug-likeness (QED) is 0.803. The monoisotopic (exact) mass is 249 g/mol. The Labute approximate surface area is 107 Å². The first-order chi connectivity index (χ1) is 6.92. The lowest BCUT2D eigenvalue weighted by Gasteiger charge is -2.31. The number of likely N-dealkylation sites (N-methyl/N-ethyl adjacent to an activating group) is 2. The van der Waals surface area contributed by atoms with Gasteiger partial charge in [0.25, 0.3) is 0 Å². The third-order valence-electron chi connectivity index (χ3n) is 3.11. The van der Waals surface area contributed by atoms with Gasteiger partial charge in [0.1, 0.15) is 0 Å². The number of halogens is 1. The average molecular weight is 250 g/mol. The third kappa shape index (κ3) is 5.48. The summed E-state index contributed by atoms with van der Waals surface area (Å²) in [6, 6.07) is 0.752. The molecule has 3 nitrogen and oxygen atoms in total. The summed E-state index contributed by atoms with van der Waals surface area (Å²) in [6.07, 6.45) is 2.71. The van der Waals surface area contributed by atoms with Crippen LogP contribution in [0.2, 0.25) is 0 Å². The molecule has 0 bridgehead atoms. The first-order valence-electron chi connectivity index (χ1n) is 6.14. The Morgan fingerprint density at radius 2 is 2.06 bits per heavy atom. The van der Waals surface area contributed by atoms with Gasteiger partial charge in [-0.05, 0) is 46.8 Å². The van der Waals surface area contributed by atoms with Gasteiger partial charge in [-0.2, -0.15) is 0 Å². The van der Waals surface area contributed by atoms with Crippen molar-refractivity contribution in [2.45, 2.75) is 45.2 Å². The summed E-state index contributed by atoms with van der Waals surface area (Å²) in [5.41, 5.74) is 5.94. The standard InChI is InChI=1S/C12H27N3.ClH/c1-5-15-8-6-7-11(15)9-14(4)10-12(2,3)13;/h11H,5-10,13H2,1-4H3;1H. The van der Waals surface area contributed by atoms with Crippen LogP contribution >= 0.6 is 12.4 Å².